The van der Waals surface area contributed by atoms with Crippen LogP contribution in [0, 0.1) is 0 Å². The molecule has 7 heteroatoms. The van der Waals surface area contributed by atoms with E-state index in [2.05, 4.69) is 10.4 Å². The van der Waals surface area contributed by atoms with Crippen molar-refractivity contribution in [1.29, 1.82) is 0 Å². The topological polar surface area (TPSA) is 101 Å². The van der Waals surface area contributed by atoms with Gasteiger partial charge in [-0.1, -0.05) is 18.2 Å². The number of fused-ring (bicyclic) bond motifs is 1. The quantitative estimate of drug-likeness (QED) is 0.840. The monoisotopic (exact) mass is 289 g/mol. The third-order valence-corrected chi connectivity index (χ3v) is 2.99. The van der Waals surface area contributed by atoms with Crippen molar-refractivity contribution in [3.8, 4) is 0 Å². The number of carbonyl (C=O) groups excluding carboxylic acids is 1. The summed E-state index contributed by atoms with van der Waals surface area (Å²) in [5.74, 6) is -1.42. The lowest BCUT2D eigenvalue weighted by Gasteiger charge is -2.08. The van der Waals surface area contributed by atoms with Gasteiger partial charge in [0.15, 0.2) is 5.69 Å². The van der Waals surface area contributed by atoms with Crippen molar-refractivity contribution in [3.63, 3.8) is 0 Å². The van der Waals surface area contributed by atoms with E-state index in [1.807, 2.05) is 0 Å². The first-order valence-electron chi connectivity index (χ1n) is 6.54. The first kappa shape index (κ1) is 14.7. The average molecular weight is 289 g/mol. The van der Waals surface area contributed by atoms with Gasteiger partial charge in [0.25, 0.3) is 5.56 Å². The maximum Gasteiger partial charge on any atom is 0.357 e. The predicted octanol–water partition coefficient (Wildman–Crippen LogP) is 0.621. The second-order valence-electron chi connectivity index (χ2n) is 4.43. The SMILES string of the molecule is CCNC(=O)CCn1nc(C(=O)O)c2ccccc2c1=O. The third kappa shape index (κ3) is 3.07. The number of benzene rings is 1. The molecule has 0 fully saturated rings. The van der Waals surface area contributed by atoms with Crippen LogP contribution in [0.1, 0.15) is 23.8 Å². The summed E-state index contributed by atoms with van der Waals surface area (Å²) in [7, 11) is 0. The highest BCUT2D eigenvalue weighted by molar-refractivity contribution is 6.01. The van der Waals surface area contributed by atoms with Crippen molar-refractivity contribution < 1.29 is 14.7 Å². The normalized spacial score (nSPS) is 10.5. The minimum Gasteiger partial charge on any atom is -0.476 e. The molecule has 0 spiro atoms. The van der Waals surface area contributed by atoms with Gasteiger partial charge < -0.3 is 10.4 Å². The number of carboxylic acids is 1. The van der Waals surface area contributed by atoms with E-state index in [0.717, 1.165) is 4.68 Å². The molecule has 2 aromatic rings. The van der Waals surface area contributed by atoms with Crippen molar-refractivity contribution in [1.82, 2.24) is 15.1 Å². The van der Waals surface area contributed by atoms with Gasteiger partial charge in [-0.05, 0) is 13.0 Å². The molecule has 2 N–H and O–H groups in total. The molecule has 0 atom stereocenters. The average Bonchev–Trinajstić information content (AvgIpc) is 2.47. The van der Waals surface area contributed by atoms with Gasteiger partial charge in [-0.3, -0.25) is 9.59 Å². The Morgan fingerprint density at radius 2 is 1.95 bits per heavy atom. The minimum atomic E-state index is -1.21. The molecule has 1 aromatic heterocycles. The zero-order chi connectivity index (χ0) is 15.4. The number of aromatic nitrogens is 2. The van der Waals surface area contributed by atoms with E-state index >= 15 is 0 Å². The molecule has 21 heavy (non-hydrogen) atoms. The number of carboxylic acid groups (broad SMARTS) is 1. The van der Waals surface area contributed by atoms with Crippen LogP contribution in [0.4, 0.5) is 0 Å². The summed E-state index contributed by atoms with van der Waals surface area (Å²) >= 11 is 0. The molecule has 1 amide bonds. The van der Waals surface area contributed by atoms with Crippen LogP contribution < -0.4 is 10.9 Å². The number of hydrogen-bond donors (Lipinski definition) is 2. The summed E-state index contributed by atoms with van der Waals surface area (Å²) in [5.41, 5.74) is -0.596. The molecule has 0 radical (unpaired) electrons. The van der Waals surface area contributed by atoms with Gasteiger partial charge in [0.05, 0.1) is 11.9 Å². The van der Waals surface area contributed by atoms with Crippen LogP contribution in [0.5, 0.6) is 0 Å². The molecular formula is C14H15N3O4. The number of nitrogens with one attached hydrogen (secondary N) is 1. The van der Waals surface area contributed by atoms with Gasteiger partial charge >= 0.3 is 5.97 Å². The Kier molecular flexibility index (Phi) is 4.32. The summed E-state index contributed by atoms with van der Waals surface area (Å²) in [4.78, 5) is 35.0. The largest absolute Gasteiger partial charge is 0.476 e. The summed E-state index contributed by atoms with van der Waals surface area (Å²) in [6.07, 6.45) is 0.0676. The molecule has 7 nitrogen and oxygen atoms in total. The standard InChI is InChI=1S/C14H15N3O4/c1-2-15-11(18)7-8-17-13(19)10-6-4-3-5-9(10)12(16-17)14(20)21/h3-6H,2,7-8H2,1H3,(H,15,18)(H,20,21). The second-order valence-corrected chi connectivity index (χ2v) is 4.43. The zero-order valence-corrected chi connectivity index (χ0v) is 11.5. The fraction of sp³-hybridized carbons (Fsp3) is 0.286. The fourth-order valence-corrected chi connectivity index (χ4v) is 2.04. The molecule has 0 saturated carbocycles. The van der Waals surface area contributed by atoms with E-state index in [9.17, 15) is 19.5 Å². The molecule has 0 aliphatic heterocycles. The van der Waals surface area contributed by atoms with Crippen molar-refractivity contribution in [3.05, 3.63) is 40.3 Å². The van der Waals surface area contributed by atoms with Gasteiger partial charge in [0.2, 0.25) is 5.91 Å². The van der Waals surface area contributed by atoms with E-state index in [0.29, 0.717) is 11.9 Å². The fourth-order valence-electron chi connectivity index (χ4n) is 2.04. The molecule has 0 aliphatic rings. The predicted molar refractivity (Wildman–Crippen MR) is 76.3 cm³/mol. The lowest BCUT2D eigenvalue weighted by molar-refractivity contribution is -0.121. The maximum absolute atomic E-state index is 12.2. The summed E-state index contributed by atoms with van der Waals surface area (Å²) in [6, 6.07) is 6.40. The number of aromatic carboxylic acids is 1. The Hall–Kier alpha value is -2.70. The molecule has 0 bridgehead atoms. The van der Waals surface area contributed by atoms with Crippen LogP contribution in [-0.4, -0.2) is 33.3 Å². The number of amides is 1. The van der Waals surface area contributed by atoms with Crippen LogP contribution in [0.15, 0.2) is 29.1 Å². The molecule has 2 rings (SSSR count). The number of hydrogen-bond acceptors (Lipinski definition) is 4. The van der Waals surface area contributed by atoms with Crippen LogP contribution >= 0.6 is 0 Å². The van der Waals surface area contributed by atoms with Gasteiger partial charge in [0, 0.05) is 18.4 Å². The Bertz CT molecular complexity index is 751. The van der Waals surface area contributed by atoms with E-state index in [1.54, 1.807) is 31.2 Å². The van der Waals surface area contributed by atoms with Crippen molar-refractivity contribution in [2.24, 2.45) is 0 Å². The summed E-state index contributed by atoms with van der Waals surface area (Å²) in [5, 5.41) is 16.2. The molecule has 110 valence electrons. The number of carbonyl (C=O) groups is 2. The second kappa shape index (κ2) is 6.17. The van der Waals surface area contributed by atoms with E-state index < -0.39 is 11.5 Å². The molecular weight excluding hydrogens is 274 g/mol. The summed E-state index contributed by atoms with van der Waals surface area (Å²) < 4.78 is 1.03. The molecule has 1 aromatic carbocycles. The zero-order valence-electron chi connectivity index (χ0n) is 11.5. The number of aryl methyl sites for hydroxylation is 1. The van der Waals surface area contributed by atoms with Gasteiger partial charge in [0.1, 0.15) is 0 Å². The van der Waals surface area contributed by atoms with Gasteiger partial charge in [-0.25, -0.2) is 9.48 Å². The highest BCUT2D eigenvalue weighted by atomic mass is 16.4. The van der Waals surface area contributed by atoms with Crippen LogP contribution in [0.2, 0.25) is 0 Å². The highest BCUT2D eigenvalue weighted by Gasteiger charge is 2.15. The third-order valence-electron chi connectivity index (χ3n) is 2.99. The van der Waals surface area contributed by atoms with Crippen LogP contribution in [0.25, 0.3) is 10.8 Å². The molecule has 0 aliphatic carbocycles. The maximum atomic E-state index is 12.2. The smallest absolute Gasteiger partial charge is 0.357 e. The van der Waals surface area contributed by atoms with E-state index in [1.165, 1.54) is 0 Å². The first-order valence-corrected chi connectivity index (χ1v) is 6.54. The van der Waals surface area contributed by atoms with Crippen molar-refractivity contribution in [2.75, 3.05) is 6.54 Å². The molecule has 1 heterocycles. The Morgan fingerprint density at radius 1 is 1.29 bits per heavy atom. The Morgan fingerprint density at radius 3 is 2.57 bits per heavy atom. The summed E-state index contributed by atoms with van der Waals surface area (Å²) in [6.45, 7) is 2.33. The van der Waals surface area contributed by atoms with Crippen molar-refractivity contribution >= 4 is 22.6 Å². The Balaban J connectivity index is 2.45. The first-order chi connectivity index (χ1) is 10.0. The Labute approximate surface area is 120 Å². The van der Waals surface area contributed by atoms with E-state index in [-0.39, 0.29) is 30.0 Å². The lowest BCUT2D eigenvalue weighted by Crippen LogP contribution is -2.30. The van der Waals surface area contributed by atoms with Crippen LogP contribution in [-0.2, 0) is 11.3 Å². The van der Waals surface area contributed by atoms with E-state index in [4.69, 9.17) is 0 Å². The minimum absolute atomic E-state index is 0.0375. The number of nitrogens with zero attached hydrogens (tertiary/aromatic N) is 2. The van der Waals surface area contributed by atoms with Gasteiger partial charge in [-0.15, -0.1) is 0 Å². The molecule has 0 saturated heterocycles. The van der Waals surface area contributed by atoms with Gasteiger partial charge in [-0.2, -0.15) is 5.10 Å². The molecule has 0 unspecified atom stereocenters. The lowest BCUT2D eigenvalue weighted by atomic mass is 10.1. The highest BCUT2D eigenvalue weighted by Crippen LogP contribution is 2.13. The van der Waals surface area contributed by atoms with Crippen molar-refractivity contribution in [2.45, 2.75) is 19.9 Å². The number of rotatable bonds is 5. The van der Waals surface area contributed by atoms with Crippen LogP contribution in [0.3, 0.4) is 0 Å².